The summed E-state index contributed by atoms with van der Waals surface area (Å²) in [5.41, 5.74) is 0.958. The Balaban J connectivity index is 0.00000162. The highest BCUT2D eigenvalue weighted by Gasteiger charge is 2.25. The van der Waals surface area contributed by atoms with Crippen LogP contribution in [-0.2, 0) is 4.79 Å². The largest absolute Gasteiger partial charge is 0.349 e. The summed E-state index contributed by atoms with van der Waals surface area (Å²) in [6.07, 6.45) is 0. The number of halogens is 3. The molecule has 1 amide bonds. The van der Waals surface area contributed by atoms with Gasteiger partial charge in [-0.05, 0) is 24.6 Å². The number of nitrogens with one attached hydrogen (secondary N) is 2. The van der Waals surface area contributed by atoms with Crippen LogP contribution in [0.15, 0.2) is 18.2 Å². The maximum absolute atomic E-state index is 11.8. The molecule has 0 radical (unpaired) electrons. The minimum absolute atomic E-state index is 0. The van der Waals surface area contributed by atoms with Gasteiger partial charge in [-0.2, -0.15) is 0 Å². The fourth-order valence-corrected chi connectivity index (χ4v) is 1.98. The van der Waals surface area contributed by atoms with E-state index in [-0.39, 0.29) is 30.3 Å². The lowest BCUT2D eigenvalue weighted by Crippen LogP contribution is -2.51. The molecular formula is C12H15Cl3N2O. The molecule has 1 aliphatic heterocycles. The highest BCUT2D eigenvalue weighted by Crippen LogP contribution is 2.25. The Morgan fingerprint density at radius 3 is 2.56 bits per heavy atom. The van der Waals surface area contributed by atoms with Crippen LogP contribution in [0.2, 0.25) is 10.0 Å². The molecule has 1 saturated heterocycles. The average Bonchev–Trinajstić information content (AvgIpc) is 2.19. The average molecular weight is 310 g/mol. The monoisotopic (exact) mass is 308 g/mol. The number of carbonyl (C=O) groups is 1. The predicted molar refractivity (Wildman–Crippen MR) is 76.6 cm³/mol. The molecule has 1 atom stereocenters. The molecule has 0 aromatic heterocycles. The molecule has 1 unspecified atom stereocenters. The third kappa shape index (κ3) is 3.51. The topological polar surface area (TPSA) is 41.1 Å². The Hall–Kier alpha value is -0.480. The van der Waals surface area contributed by atoms with Gasteiger partial charge in [-0.15, -0.1) is 12.4 Å². The minimum Gasteiger partial charge on any atom is -0.349 e. The van der Waals surface area contributed by atoms with Crippen molar-refractivity contribution < 1.29 is 4.79 Å². The maximum Gasteiger partial charge on any atom is 0.226 e. The van der Waals surface area contributed by atoms with Crippen LogP contribution in [0.1, 0.15) is 18.5 Å². The van der Waals surface area contributed by atoms with Gasteiger partial charge in [-0.25, -0.2) is 0 Å². The van der Waals surface area contributed by atoms with E-state index >= 15 is 0 Å². The van der Waals surface area contributed by atoms with Crippen molar-refractivity contribution in [1.82, 2.24) is 10.6 Å². The van der Waals surface area contributed by atoms with Gasteiger partial charge in [-0.3, -0.25) is 4.79 Å². The van der Waals surface area contributed by atoms with E-state index in [2.05, 4.69) is 10.6 Å². The van der Waals surface area contributed by atoms with Gasteiger partial charge >= 0.3 is 0 Å². The molecule has 1 aromatic rings. The first kappa shape index (κ1) is 15.6. The zero-order valence-corrected chi connectivity index (χ0v) is 12.2. The molecule has 2 N–H and O–H groups in total. The molecule has 3 nitrogen and oxygen atoms in total. The summed E-state index contributed by atoms with van der Waals surface area (Å²) < 4.78 is 0. The summed E-state index contributed by atoms with van der Waals surface area (Å²) in [6.45, 7) is 3.46. The van der Waals surface area contributed by atoms with E-state index in [1.54, 1.807) is 12.1 Å². The second-order valence-electron chi connectivity index (χ2n) is 4.26. The summed E-state index contributed by atoms with van der Waals surface area (Å²) >= 11 is 11.8. The quantitative estimate of drug-likeness (QED) is 0.901. The van der Waals surface area contributed by atoms with Crippen LogP contribution in [-0.4, -0.2) is 19.0 Å². The standard InChI is InChI=1S/C12H14Cl2N2O.ClH/c1-7(16-12(17)9-5-15-6-9)8-2-3-10(13)11(14)4-8;/h2-4,7,9,15H,5-6H2,1H3,(H,16,17);1H. The molecule has 1 aromatic carbocycles. The molecule has 0 bridgehead atoms. The van der Waals surface area contributed by atoms with Crippen LogP contribution < -0.4 is 10.6 Å². The van der Waals surface area contributed by atoms with E-state index < -0.39 is 0 Å². The third-order valence-electron chi connectivity index (χ3n) is 2.95. The summed E-state index contributed by atoms with van der Waals surface area (Å²) in [7, 11) is 0. The van der Waals surface area contributed by atoms with Gasteiger partial charge in [0.25, 0.3) is 0 Å². The van der Waals surface area contributed by atoms with Crippen LogP contribution in [0.5, 0.6) is 0 Å². The molecule has 2 rings (SSSR count). The van der Waals surface area contributed by atoms with Crippen LogP contribution in [0.25, 0.3) is 0 Å². The van der Waals surface area contributed by atoms with Crippen molar-refractivity contribution in [1.29, 1.82) is 0 Å². The van der Waals surface area contributed by atoms with Crippen molar-refractivity contribution in [3.63, 3.8) is 0 Å². The molecule has 0 aliphatic carbocycles. The maximum atomic E-state index is 11.8. The lowest BCUT2D eigenvalue weighted by atomic mass is 10.0. The molecule has 100 valence electrons. The molecular weight excluding hydrogens is 295 g/mol. The lowest BCUT2D eigenvalue weighted by molar-refractivity contribution is -0.127. The number of hydrogen-bond acceptors (Lipinski definition) is 2. The van der Waals surface area contributed by atoms with Gasteiger partial charge in [0, 0.05) is 13.1 Å². The molecule has 1 heterocycles. The van der Waals surface area contributed by atoms with E-state index in [0.717, 1.165) is 18.7 Å². The van der Waals surface area contributed by atoms with Crippen molar-refractivity contribution in [2.45, 2.75) is 13.0 Å². The zero-order valence-electron chi connectivity index (χ0n) is 9.87. The summed E-state index contributed by atoms with van der Waals surface area (Å²) in [5.74, 6) is 0.183. The summed E-state index contributed by atoms with van der Waals surface area (Å²) in [6, 6.07) is 5.34. The Labute approximate surface area is 123 Å². The Morgan fingerprint density at radius 1 is 1.39 bits per heavy atom. The third-order valence-corrected chi connectivity index (χ3v) is 3.69. The van der Waals surface area contributed by atoms with Gasteiger partial charge in [0.1, 0.15) is 0 Å². The first-order valence-electron chi connectivity index (χ1n) is 5.54. The van der Waals surface area contributed by atoms with Crippen LogP contribution in [0, 0.1) is 5.92 Å². The normalized spacial score (nSPS) is 16.4. The lowest BCUT2D eigenvalue weighted by Gasteiger charge is -2.27. The molecule has 6 heteroatoms. The fraction of sp³-hybridized carbons (Fsp3) is 0.417. The van der Waals surface area contributed by atoms with Crippen molar-refractivity contribution >= 4 is 41.5 Å². The van der Waals surface area contributed by atoms with E-state index in [1.165, 1.54) is 0 Å². The molecule has 1 fully saturated rings. The first-order chi connectivity index (χ1) is 8.08. The second-order valence-corrected chi connectivity index (χ2v) is 5.07. The highest BCUT2D eigenvalue weighted by atomic mass is 35.5. The van der Waals surface area contributed by atoms with Crippen molar-refractivity contribution in [3.8, 4) is 0 Å². The Bertz CT molecular complexity index is 435. The van der Waals surface area contributed by atoms with Crippen molar-refractivity contribution in [2.75, 3.05) is 13.1 Å². The Morgan fingerprint density at radius 2 is 2.06 bits per heavy atom. The van der Waals surface area contributed by atoms with E-state index in [1.807, 2.05) is 13.0 Å². The predicted octanol–water partition coefficient (Wildman–Crippen LogP) is 2.81. The van der Waals surface area contributed by atoms with Gasteiger partial charge in [0.15, 0.2) is 0 Å². The van der Waals surface area contributed by atoms with E-state index in [9.17, 15) is 4.79 Å². The SMILES string of the molecule is CC(NC(=O)C1CNC1)c1ccc(Cl)c(Cl)c1.Cl. The van der Waals surface area contributed by atoms with Crippen LogP contribution in [0.3, 0.4) is 0 Å². The minimum atomic E-state index is -0.0575. The van der Waals surface area contributed by atoms with Gasteiger partial charge < -0.3 is 10.6 Å². The van der Waals surface area contributed by atoms with Gasteiger partial charge in [0.2, 0.25) is 5.91 Å². The van der Waals surface area contributed by atoms with Crippen LogP contribution in [0.4, 0.5) is 0 Å². The van der Waals surface area contributed by atoms with Crippen molar-refractivity contribution in [3.05, 3.63) is 33.8 Å². The first-order valence-corrected chi connectivity index (χ1v) is 6.29. The van der Waals surface area contributed by atoms with Crippen molar-refractivity contribution in [2.24, 2.45) is 5.92 Å². The van der Waals surface area contributed by atoms with Crippen LogP contribution >= 0.6 is 35.6 Å². The Kier molecular flexibility index (Phi) is 5.73. The number of carbonyl (C=O) groups excluding carboxylic acids is 1. The fourth-order valence-electron chi connectivity index (χ4n) is 1.67. The summed E-state index contributed by atoms with van der Waals surface area (Å²) in [4.78, 5) is 11.8. The highest BCUT2D eigenvalue weighted by molar-refractivity contribution is 6.42. The number of benzene rings is 1. The zero-order chi connectivity index (χ0) is 12.4. The van der Waals surface area contributed by atoms with Gasteiger partial charge in [-0.1, -0.05) is 29.3 Å². The second kappa shape index (κ2) is 6.62. The number of amides is 1. The number of rotatable bonds is 3. The molecule has 18 heavy (non-hydrogen) atoms. The van der Waals surface area contributed by atoms with Gasteiger partial charge in [0.05, 0.1) is 22.0 Å². The summed E-state index contributed by atoms with van der Waals surface area (Å²) in [5, 5.41) is 7.07. The van der Waals surface area contributed by atoms with E-state index in [0.29, 0.717) is 10.0 Å². The smallest absolute Gasteiger partial charge is 0.226 e. The van der Waals surface area contributed by atoms with E-state index in [4.69, 9.17) is 23.2 Å². The molecule has 0 saturated carbocycles. The molecule has 0 spiro atoms. The molecule has 1 aliphatic rings. The number of hydrogen-bond donors (Lipinski definition) is 2.